The van der Waals surface area contributed by atoms with Crippen molar-refractivity contribution >= 4 is 70.8 Å². The van der Waals surface area contributed by atoms with Gasteiger partial charge in [0.2, 0.25) is 0 Å². The lowest BCUT2D eigenvalue weighted by Crippen LogP contribution is -3.19. The molecule has 3 atom stereocenters. The second kappa shape index (κ2) is 15.5. The van der Waals surface area contributed by atoms with Gasteiger partial charge in [0.15, 0.2) is 12.3 Å². The van der Waals surface area contributed by atoms with E-state index in [9.17, 15) is 0 Å². The molecule has 2 N–H and O–H groups in total. The predicted molar refractivity (Wildman–Crippen MR) is 283 cm³/mol. The number of quaternary nitrogens is 1. The van der Waals surface area contributed by atoms with E-state index in [1.807, 2.05) is 0 Å². The maximum absolute atomic E-state index is 4.03. The van der Waals surface area contributed by atoms with Crippen molar-refractivity contribution in [2.24, 2.45) is 0 Å². The van der Waals surface area contributed by atoms with Gasteiger partial charge in [-0.2, -0.15) is 0 Å². The van der Waals surface area contributed by atoms with Gasteiger partial charge in [0, 0.05) is 49.8 Å². The Bertz CT molecular complexity index is 4070. The second-order valence-corrected chi connectivity index (χ2v) is 18.3. The molecule has 0 aliphatic carbocycles. The van der Waals surface area contributed by atoms with Gasteiger partial charge in [-0.25, -0.2) is 5.32 Å². The summed E-state index contributed by atoms with van der Waals surface area (Å²) in [5.41, 5.74) is 15.8. The van der Waals surface area contributed by atoms with Crippen molar-refractivity contribution in [3.8, 4) is 33.6 Å². The Morgan fingerprint density at radius 2 is 0.838 bits per heavy atom. The average molecular weight is 870 g/mol. The number of fused-ring (bicyclic) bond motifs is 8. The van der Waals surface area contributed by atoms with Gasteiger partial charge in [0.05, 0.1) is 27.8 Å². The van der Waals surface area contributed by atoms with E-state index in [2.05, 4.69) is 263 Å². The third-order valence-corrected chi connectivity index (χ3v) is 14.5. The monoisotopic (exact) mass is 869 g/mol. The van der Waals surface area contributed by atoms with Gasteiger partial charge >= 0.3 is 0 Å². The molecule has 4 nitrogen and oxygen atoms in total. The van der Waals surface area contributed by atoms with Gasteiger partial charge < -0.3 is 9.13 Å². The van der Waals surface area contributed by atoms with E-state index in [4.69, 9.17) is 0 Å². The minimum atomic E-state index is 0.0554. The molecule has 0 amide bonds. The van der Waals surface area contributed by atoms with Crippen LogP contribution in [0.4, 0.5) is 5.69 Å². The molecule has 13 aromatic rings. The number of nitrogens with zero attached hydrogens (tertiary/aromatic N) is 2. The Kier molecular flexibility index (Phi) is 8.84. The van der Waals surface area contributed by atoms with Crippen molar-refractivity contribution in [2.75, 3.05) is 0 Å². The first-order chi connectivity index (χ1) is 33.7. The molecule has 1 fully saturated rings. The average Bonchev–Trinajstić information content (AvgIpc) is 3.89. The van der Waals surface area contributed by atoms with Crippen molar-refractivity contribution in [3.63, 3.8) is 0 Å². The number of hydrogen-bond donors (Lipinski definition) is 2. The van der Waals surface area contributed by atoms with Crippen LogP contribution >= 0.6 is 0 Å². The fraction of sp³-hybridized carbons (Fsp3) is 0.0312. The third-order valence-electron chi connectivity index (χ3n) is 14.5. The maximum atomic E-state index is 4.03. The van der Waals surface area contributed by atoms with Crippen molar-refractivity contribution in [3.05, 3.63) is 260 Å². The zero-order valence-corrected chi connectivity index (χ0v) is 37.2. The molecule has 11 aromatic carbocycles. The molecule has 3 unspecified atom stereocenters. The highest BCUT2D eigenvalue weighted by Gasteiger charge is 2.46. The first-order valence-electron chi connectivity index (χ1n) is 23.6. The Hall–Kier alpha value is -8.54. The van der Waals surface area contributed by atoms with E-state index in [-0.39, 0.29) is 12.3 Å². The van der Waals surface area contributed by atoms with E-state index in [0.717, 1.165) is 5.69 Å². The summed E-state index contributed by atoms with van der Waals surface area (Å²) in [4.78, 5) is 1.39. The van der Waals surface area contributed by atoms with Crippen molar-refractivity contribution in [2.45, 2.75) is 12.3 Å². The molecule has 1 saturated heterocycles. The summed E-state index contributed by atoms with van der Waals surface area (Å²) in [5, 5.41) is 14.0. The van der Waals surface area contributed by atoms with Crippen molar-refractivity contribution in [1.82, 2.24) is 14.5 Å². The lowest BCUT2D eigenvalue weighted by Gasteiger charge is -2.46. The summed E-state index contributed by atoms with van der Waals surface area (Å²) in [6, 6.07) is 91.6. The number of benzene rings is 11. The molecule has 68 heavy (non-hydrogen) atoms. The highest BCUT2D eigenvalue weighted by Crippen LogP contribution is 2.41. The van der Waals surface area contributed by atoms with Gasteiger partial charge in [0.25, 0.3) is 0 Å². The highest BCUT2D eigenvalue weighted by molar-refractivity contribution is 6.17. The van der Waals surface area contributed by atoms with Crippen LogP contribution < -0.4 is 10.2 Å². The summed E-state index contributed by atoms with van der Waals surface area (Å²) in [7, 11) is 0. The van der Waals surface area contributed by atoms with Crippen molar-refractivity contribution < 1.29 is 4.90 Å². The van der Waals surface area contributed by atoms with Crippen LogP contribution in [-0.2, 0) is 0 Å². The molecule has 320 valence electrons. The number of aromatic nitrogens is 2. The van der Waals surface area contributed by atoms with E-state index >= 15 is 0 Å². The van der Waals surface area contributed by atoms with Gasteiger partial charge in [-0.15, -0.1) is 0 Å². The van der Waals surface area contributed by atoms with Crippen LogP contribution in [0.15, 0.2) is 249 Å². The smallest absolute Gasteiger partial charge is 0.178 e. The summed E-state index contributed by atoms with van der Waals surface area (Å²) in [5.74, 6) is 0. The van der Waals surface area contributed by atoms with Gasteiger partial charge in [-0.1, -0.05) is 164 Å². The number of hydrogen-bond acceptors (Lipinski definition) is 1. The number of para-hydroxylation sites is 2. The van der Waals surface area contributed by atoms with E-state index in [0.29, 0.717) is 0 Å². The third kappa shape index (κ3) is 6.16. The van der Waals surface area contributed by atoms with Gasteiger partial charge in [0.1, 0.15) is 5.69 Å². The number of rotatable bonds is 7. The summed E-state index contributed by atoms with van der Waals surface area (Å²) >= 11 is 0. The minimum Gasteiger partial charge on any atom is -0.309 e. The molecule has 14 rings (SSSR count). The van der Waals surface area contributed by atoms with Crippen molar-refractivity contribution in [1.29, 1.82) is 0 Å². The van der Waals surface area contributed by atoms with Crippen LogP contribution in [0.2, 0.25) is 0 Å². The van der Waals surface area contributed by atoms with E-state index in [1.54, 1.807) is 0 Å². The lowest BCUT2D eigenvalue weighted by atomic mass is 9.96. The highest BCUT2D eigenvalue weighted by atomic mass is 15.5. The molecular weight excluding hydrogens is 825 g/mol. The maximum Gasteiger partial charge on any atom is 0.178 e. The Balaban J connectivity index is 0.876. The minimum absolute atomic E-state index is 0.0554. The molecule has 0 radical (unpaired) electrons. The quantitative estimate of drug-likeness (QED) is 0.164. The molecule has 1 aliphatic rings. The molecule has 3 heterocycles. The van der Waals surface area contributed by atoms with Crippen LogP contribution in [-0.4, -0.2) is 9.13 Å². The Morgan fingerprint density at radius 3 is 1.57 bits per heavy atom. The normalized spacial score (nSPS) is 16.0. The summed E-state index contributed by atoms with van der Waals surface area (Å²) < 4.78 is 4.93. The second-order valence-electron chi connectivity index (χ2n) is 18.3. The van der Waals surface area contributed by atoms with E-state index < -0.39 is 0 Å². The first kappa shape index (κ1) is 38.7. The van der Waals surface area contributed by atoms with Crippen LogP contribution in [0.3, 0.4) is 0 Å². The van der Waals surface area contributed by atoms with Crippen LogP contribution in [0.1, 0.15) is 23.5 Å². The summed E-state index contributed by atoms with van der Waals surface area (Å²) in [6.07, 6.45) is 0.131. The van der Waals surface area contributed by atoms with E-state index in [1.165, 1.54) is 115 Å². The molecule has 4 heteroatoms. The zero-order chi connectivity index (χ0) is 44.7. The fourth-order valence-corrected chi connectivity index (χ4v) is 11.3. The molecular formula is C64H45N4+. The van der Waals surface area contributed by atoms with Gasteiger partial charge in [-0.3, -0.25) is 4.90 Å². The molecule has 0 spiro atoms. The SMILES string of the molecule is c1ccc(-c2cccc(C3NC(c4ccc(-n5c6ccccc6c6cc7c(-n8c9ccccc9c9cc%10ccccc%10cc98)cccc7cc65)cc4)[NH+]3c3cccc(-c4ccccc4)c3)c2)cc1. The fourth-order valence-electron chi connectivity index (χ4n) is 11.3. The molecule has 0 saturated carbocycles. The zero-order valence-electron chi connectivity index (χ0n) is 37.2. The molecule has 0 bridgehead atoms. The Morgan fingerprint density at radius 1 is 0.309 bits per heavy atom. The molecule has 2 aromatic heterocycles. The van der Waals surface area contributed by atoms with Crippen LogP contribution in [0, 0.1) is 0 Å². The van der Waals surface area contributed by atoms with Crippen LogP contribution in [0.5, 0.6) is 0 Å². The van der Waals surface area contributed by atoms with Gasteiger partial charge in [-0.05, 0) is 117 Å². The molecule has 1 aliphatic heterocycles. The topological polar surface area (TPSA) is 26.3 Å². The standard InChI is InChI=1S/C64H44N4/c1-3-16-42(17-4-1)45-22-13-25-50(36-45)64-65-63(67(64)52-26-14-23-46(37-52)43-18-5-2-6-19-43)44-32-34-51(35-33-44)66-58-29-11-9-28-54(58)57-41-55-49(40-61(57)66)24-15-31-60(55)68-59-30-12-10-27-53(59)56-38-47-20-7-8-21-48(47)39-62(56)68/h1-41,63-65H/p+1. The largest absolute Gasteiger partial charge is 0.309 e. The predicted octanol–water partition coefficient (Wildman–Crippen LogP) is 15.0. The lowest BCUT2D eigenvalue weighted by molar-refractivity contribution is -0.962. The summed E-state index contributed by atoms with van der Waals surface area (Å²) in [6.45, 7) is 0. The van der Waals surface area contributed by atoms with Crippen LogP contribution in [0.25, 0.3) is 98.8 Å². The number of nitrogens with one attached hydrogen (secondary N) is 2. The Labute approximate surface area is 394 Å². The first-order valence-corrected chi connectivity index (χ1v) is 23.6.